The normalized spacial score (nSPS) is 14.6. The van der Waals surface area contributed by atoms with Gasteiger partial charge in [0.05, 0.1) is 0 Å². The van der Waals surface area contributed by atoms with Gasteiger partial charge in [0.25, 0.3) is 0 Å². The average Bonchev–Trinajstić information content (AvgIpc) is 2.98. The Labute approximate surface area is 251 Å². The molecule has 1 aliphatic rings. The summed E-state index contributed by atoms with van der Waals surface area (Å²) in [7, 11) is -3.99. The molecule has 1 atom stereocenters. The Kier molecular flexibility index (Phi) is 6.75. The fourth-order valence-corrected chi connectivity index (χ4v) is 7.81. The molecule has 0 radical (unpaired) electrons. The first kappa shape index (κ1) is 26.2. The van der Waals surface area contributed by atoms with Gasteiger partial charge in [0, 0.05) is 32.7 Å². The van der Waals surface area contributed by atoms with Gasteiger partial charge in [0.1, 0.15) is 11.5 Å². The average molecular weight is 641 g/mol. The lowest BCUT2D eigenvalue weighted by molar-refractivity contribution is 0.371. The monoisotopic (exact) mass is 639 g/mol. The molecule has 0 saturated carbocycles. The Bertz CT molecular complexity index is 1870. The zero-order chi connectivity index (χ0) is 28.0. The number of hydrogen-bond donors (Lipinski definition) is 1. The first-order valence-electron chi connectivity index (χ1n) is 13.2. The van der Waals surface area contributed by atoms with E-state index < -0.39 is 13.4 Å². The number of nitrogens with one attached hydrogen (secondary N) is 1. The van der Waals surface area contributed by atoms with Crippen molar-refractivity contribution in [2.45, 2.75) is 12.2 Å². The molecule has 6 aromatic carbocycles. The second-order valence-electron chi connectivity index (χ2n) is 10.0. The quantitative estimate of drug-likeness (QED) is 0.195. The molecule has 6 aromatic rings. The molecule has 4 nitrogen and oxygen atoms in total. The minimum absolute atomic E-state index is 0.547. The van der Waals surface area contributed by atoms with E-state index in [1.807, 2.05) is 84.9 Å². The summed E-state index contributed by atoms with van der Waals surface area (Å²) in [4.78, 5) is 0. The second-order valence-corrected chi connectivity index (χ2v) is 13.3. The minimum Gasteiger partial charge on any atom is -0.414 e. The molecule has 41 heavy (non-hydrogen) atoms. The SMILES string of the molecule is O=P1(C(Nc2ccc(Cl)cc2)c2ccc(Br)cc2)Oc2ccc3ccccc3c2Cc2c(ccc3ccccc23)O1. The predicted octanol–water partition coefficient (Wildman–Crippen LogP) is 10.8. The Morgan fingerprint density at radius 1 is 0.683 bits per heavy atom. The Morgan fingerprint density at radius 3 is 1.78 bits per heavy atom. The van der Waals surface area contributed by atoms with Crippen molar-refractivity contribution in [1.29, 1.82) is 0 Å². The number of benzene rings is 6. The van der Waals surface area contributed by atoms with Crippen LogP contribution in [0.1, 0.15) is 22.5 Å². The summed E-state index contributed by atoms with van der Waals surface area (Å²) < 4.78 is 29.4. The van der Waals surface area contributed by atoms with E-state index in [1.54, 1.807) is 12.1 Å². The summed E-state index contributed by atoms with van der Waals surface area (Å²) in [5, 5.41) is 8.37. The van der Waals surface area contributed by atoms with E-state index >= 15 is 4.57 Å². The molecule has 7 rings (SSSR count). The number of anilines is 1. The lowest BCUT2D eigenvalue weighted by Gasteiger charge is -2.32. The predicted molar refractivity (Wildman–Crippen MR) is 172 cm³/mol. The van der Waals surface area contributed by atoms with Crippen molar-refractivity contribution < 1.29 is 13.6 Å². The third kappa shape index (κ3) is 4.99. The van der Waals surface area contributed by atoms with Gasteiger partial charge in [-0.15, -0.1) is 0 Å². The van der Waals surface area contributed by atoms with Crippen LogP contribution in [0.5, 0.6) is 11.5 Å². The maximum absolute atomic E-state index is 15.3. The molecule has 0 spiro atoms. The van der Waals surface area contributed by atoms with E-state index in [1.165, 1.54) is 0 Å². The van der Waals surface area contributed by atoms with Crippen molar-refractivity contribution in [3.8, 4) is 11.5 Å². The van der Waals surface area contributed by atoms with Gasteiger partial charge in [-0.25, -0.2) is 4.57 Å². The lowest BCUT2D eigenvalue weighted by atomic mass is 9.93. The van der Waals surface area contributed by atoms with E-state index in [-0.39, 0.29) is 0 Å². The zero-order valence-corrected chi connectivity index (χ0v) is 25.0. The van der Waals surface area contributed by atoms with E-state index in [9.17, 15) is 0 Å². The number of halogens is 2. The van der Waals surface area contributed by atoms with E-state index in [2.05, 4.69) is 45.5 Å². The van der Waals surface area contributed by atoms with Crippen LogP contribution in [-0.4, -0.2) is 0 Å². The fraction of sp³-hybridized carbons (Fsp3) is 0.0588. The van der Waals surface area contributed by atoms with E-state index in [0.29, 0.717) is 22.9 Å². The summed E-state index contributed by atoms with van der Waals surface area (Å²) in [5.74, 6) is 0.268. The topological polar surface area (TPSA) is 47.6 Å². The molecule has 7 heteroatoms. The van der Waals surface area contributed by atoms with Gasteiger partial charge in [-0.3, -0.25) is 0 Å². The summed E-state index contributed by atoms with van der Waals surface area (Å²) in [5.41, 5.74) is 3.46. The fourth-order valence-electron chi connectivity index (χ4n) is 5.44. The molecule has 0 amide bonds. The maximum atomic E-state index is 15.3. The number of hydrogen-bond acceptors (Lipinski definition) is 4. The van der Waals surface area contributed by atoms with Crippen molar-refractivity contribution >= 4 is 62.4 Å². The van der Waals surface area contributed by atoms with Gasteiger partial charge in [0.2, 0.25) is 0 Å². The first-order chi connectivity index (χ1) is 20.0. The third-order valence-corrected chi connectivity index (χ3v) is 10.2. The molecule has 0 aromatic heterocycles. The second kappa shape index (κ2) is 10.6. The number of rotatable bonds is 4. The van der Waals surface area contributed by atoms with Crippen molar-refractivity contribution in [2.24, 2.45) is 0 Å². The molecule has 0 bridgehead atoms. The van der Waals surface area contributed by atoms with Crippen molar-refractivity contribution in [3.63, 3.8) is 0 Å². The van der Waals surface area contributed by atoms with Crippen LogP contribution in [0, 0.1) is 0 Å². The van der Waals surface area contributed by atoms with Crippen LogP contribution in [-0.2, 0) is 11.0 Å². The van der Waals surface area contributed by atoms with Crippen LogP contribution in [0.2, 0.25) is 5.02 Å². The molecular weight excluding hydrogens is 617 g/mol. The summed E-state index contributed by atoms with van der Waals surface area (Å²) >= 11 is 9.69. The number of fused-ring (bicyclic) bond motifs is 6. The van der Waals surface area contributed by atoms with Crippen LogP contribution in [0.4, 0.5) is 5.69 Å². The largest absolute Gasteiger partial charge is 0.457 e. The van der Waals surface area contributed by atoms with Crippen molar-refractivity contribution in [3.05, 3.63) is 148 Å². The molecule has 0 saturated heterocycles. The summed E-state index contributed by atoms with van der Waals surface area (Å²) in [6, 6.07) is 39.2. The Hall–Kier alpha value is -3.76. The van der Waals surface area contributed by atoms with Gasteiger partial charge in [-0.1, -0.05) is 100 Å². The molecule has 0 aliphatic carbocycles. The molecule has 1 N–H and O–H groups in total. The van der Waals surface area contributed by atoms with Crippen LogP contribution < -0.4 is 14.4 Å². The van der Waals surface area contributed by atoms with E-state index in [4.69, 9.17) is 20.6 Å². The summed E-state index contributed by atoms with van der Waals surface area (Å²) in [6.07, 6.45) is 0.570. The van der Waals surface area contributed by atoms with Gasteiger partial charge in [-0.2, -0.15) is 0 Å². The molecule has 1 unspecified atom stereocenters. The molecule has 1 aliphatic heterocycles. The van der Waals surface area contributed by atoms with Gasteiger partial charge in [0.15, 0.2) is 5.78 Å². The van der Waals surface area contributed by atoms with E-state index in [0.717, 1.165) is 48.4 Å². The highest BCUT2D eigenvalue weighted by Gasteiger charge is 2.43. The van der Waals surface area contributed by atoms with Gasteiger partial charge >= 0.3 is 7.60 Å². The zero-order valence-electron chi connectivity index (χ0n) is 21.8. The summed E-state index contributed by atoms with van der Waals surface area (Å²) in [6.45, 7) is 0. The van der Waals surface area contributed by atoms with Crippen molar-refractivity contribution in [1.82, 2.24) is 0 Å². The highest BCUT2D eigenvalue weighted by Crippen LogP contribution is 2.62. The van der Waals surface area contributed by atoms with Crippen molar-refractivity contribution in [2.75, 3.05) is 5.32 Å². The van der Waals surface area contributed by atoms with Gasteiger partial charge < -0.3 is 14.4 Å². The standard InChI is InChI=1S/C34H24BrClNO3P/c35-25-13-9-24(10-14-25)34(37-27-17-15-26(36)16-18-27)41(38)39-32-19-11-22-5-1-3-7-28(22)30(32)21-31-29-8-4-2-6-23(29)12-20-33(31)40-41/h1-20,34,37H,21H2. The molecular formula is C34H24BrClNO3P. The molecule has 1 heterocycles. The first-order valence-corrected chi connectivity index (χ1v) is 16.0. The van der Waals surface area contributed by atoms with Crippen LogP contribution in [0.25, 0.3) is 21.5 Å². The van der Waals surface area contributed by atoms with Crippen LogP contribution in [0.3, 0.4) is 0 Å². The third-order valence-electron chi connectivity index (χ3n) is 7.45. The van der Waals surface area contributed by atoms with Crippen LogP contribution in [0.15, 0.2) is 126 Å². The Morgan fingerprint density at radius 2 is 1.22 bits per heavy atom. The highest BCUT2D eigenvalue weighted by molar-refractivity contribution is 9.10. The minimum atomic E-state index is -3.99. The Balaban J connectivity index is 1.47. The maximum Gasteiger partial charge on any atom is 0.457 e. The van der Waals surface area contributed by atoms with Crippen LogP contribution >= 0.6 is 35.1 Å². The highest BCUT2D eigenvalue weighted by atomic mass is 79.9. The smallest absolute Gasteiger partial charge is 0.414 e. The molecule has 0 fully saturated rings. The molecule has 202 valence electrons. The lowest BCUT2D eigenvalue weighted by Crippen LogP contribution is -2.20. The van der Waals surface area contributed by atoms with Gasteiger partial charge in [-0.05, 0) is 75.6 Å².